The van der Waals surface area contributed by atoms with E-state index in [2.05, 4.69) is 15.6 Å². The molecule has 2 N–H and O–H groups in total. The number of aromatic nitrogens is 1. The molecule has 1 aromatic carbocycles. The lowest BCUT2D eigenvalue weighted by molar-refractivity contribution is -0.125. The first kappa shape index (κ1) is 21.0. The molecule has 0 unspecified atom stereocenters. The van der Waals surface area contributed by atoms with Crippen molar-refractivity contribution in [3.63, 3.8) is 0 Å². The number of thiazole rings is 1. The van der Waals surface area contributed by atoms with Crippen LogP contribution in [0.1, 0.15) is 44.1 Å². The Kier molecular flexibility index (Phi) is 7.35. The second kappa shape index (κ2) is 10.2. The molecular formula is C21H26N4O3S. The maximum atomic E-state index is 12.9. The summed E-state index contributed by atoms with van der Waals surface area (Å²) in [6.45, 7) is 1.89. The van der Waals surface area contributed by atoms with Gasteiger partial charge in [-0.3, -0.25) is 14.4 Å². The van der Waals surface area contributed by atoms with Crippen LogP contribution in [0, 0.1) is 6.92 Å². The molecule has 29 heavy (non-hydrogen) atoms. The van der Waals surface area contributed by atoms with Crippen LogP contribution < -0.4 is 15.5 Å². The maximum absolute atomic E-state index is 12.9. The fraction of sp³-hybridized carbons (Fsp3) is 0.429. The summed E-state index contributed by atoms with van der Waals surface area (Å²) < 4.78 is 0. The minimum absolute atomic E-state index is 0.0157. The van der Waals surface area contributed by atoms with Crippen molar-refractivity contribution in [2.24, 2.45) is 0 Å². The van der Waals surface area contributed by atoms with E-state index in [-0.39, 0.29) is 43.1 Å². The van der Waals surface area contributed by atoms with Crippen LogP contribution in [-0.2, 0) is 14.4 Å². The number of nitrogens with zero attached hydrogens (tertiary/aromatic N) is 2. The highest BCUT2D eigenvalue weighted by Crippen LogP contribution is 2.20. The van der Waals surface area contributed by atoms with E-state index in [1.54, 1.807) is 11.6 Å². The zero-order valence-electron chi connectivity index (χ0n) is 16.5. The van der Waals surface area contributed by atoms with Crippen LogP contribution >= 0.6 is 11.3 Å². The van der Waals surface area contributed by atoms with Gasteiger partial charge < -0.3 is 15.5 Å². The van der Waals surface area contributed by atoms with E-state index in [0.717, 1.165) is 31.2 Å². The first-order valence-corrected chi connectivity index (χ1v) is 10.7. The second-order valence-electron chi connectivity index (χ2n) is 7.25. The summed E-state index contributed by atoms with van der Waals surface area (Å²) in [5.74, 6) is -0.696. The fourth-order valence-electron chi connectivity index (χ4n) is 3.43. The first-order valence-electron chi connectivity index (χ1n) is 9.87. The van der Waals surface area contributed by atoms with E-state index in [1.807, 2.05) is 31.2 Å². The van der Waals surface area contributed by atoms with Crippen LogP contribution in [0.5, 0.6) is 0 Å². The highest BCUT2D eigenvalue weighted by atomic mass is 32.1. The van der Waals surface area contributed by atoms with Crippen molar-refractivity contribution < 1.29 is 14.4 Å². The number of aryl methyl sites for hydroxylation is 1. The third-order valence-corrected chi connectivity index (χ3v) is 5.57. The van der Waals surface area contributed by atoms with Crippen molar-refractivity contribution in [1.82, 2.24) is 10.3 Å². The van der Waals surface area contributed by atoms with Gasteiger partial charge in [-0.15, -0.1) is 11.3 Å². The minimum Gasteiger partial charge on any atom is -0.352 e. The second-order valence-corrected chi connectivity index (χ2v) is 8.15. The Morgan fingerprint density at radius 3 is 2.66 bits per heavy atom. The number of hydrogen-bond donors (Lipinski definition) is 2. The molecule has 0 saturated heterocycles. The van der Waals surface area contributed by atoms with Crippen molar-refractivity contribution in [1.29, 1.82) is 0 Å². The van der Waals surface area contributed by atoms with E-state index in [4.69, 9.17) is 0 Å². The molecule has 2 aromatic rings. The SMILES string of the molecule is Cc1cccc(N(CC(=O)NC2CCCC2)C(=O)CCC(=O)Nc2nccs2)c1. The van der Waals surface area contributed by atoms with Gasteiger partial charge in [-0.2, -0.15) is 0 Å². The first-order chi connectivity index (χ1) is 14.0. The van der Waals surface area contributed by atoms with Crippen LogP contribution in [0.15, 0.2) is 35.8 Å². The summed E-state index contributed by atoms with van der Waals surface area (Å²) in [6, 6.07) is 7.67. The monoisotopic (exact) mass is 414 g/mol. The van der Waals surface area contributed by atoms with E-state index in [0.29, 0.717) is 10.8 Å². The molecule has 1 aliphatic rings. The zero-order valence-corrected chi connectivity index (χ0v) is 17.3. The Balaban J connectivity index is 1.62. The van der Waals surface area contributed by atoms with Gasteiger partial charge in [0, 0.05) is 36.1 Å². The lowest BCUT2D eigenvalue weighted by Crippen LogP contribution is -2.43. The highest BCUT2D eigenvalue weighted by molar-refractivity contribution is 7.13. The molecule has 3 rings (SSSR count). The fourth-order valence-corrected chi connectivity index (χ4v) is 3.97. The average Bonchev–Trinajstić information content (AvgIpc) is 3.38. The third-order valence-electron chi connectivity index (χ3n) is 4.88. The number of rotatable bonds is 8. The quantitative estimate of drug-likeness (QED) is 0.694. The van der Waals surface area contributed by atoms with Gasteiger partial charge in [0.25, 0.3) is 0 Å². The number of amides is 3. The van der Waals surface area contributed by atoms with E-state index >= 15 is 0 Å². The molecule has 0 radical (unpaired) electrons. The summed E-state index contributed by atoms with van der Waals surface area (Å²) in [6.07, 6.45) is 5.88. The molecule has 1 saturated carbocycles. The molecule has 0 bridgehead atoms. The molecule has 154 valence electrons. The van der Waals surface area contributed by atoms with Crippen LogP contribution in [0.2, 0.25) is 0 Å². The molecule has 0 aliphatic heterocycles. The predicted molar refractivity (Wildman–Crippen MR) is 114 cm³/mol. The smallest absolute Gasteiger partial charge is 0.240 e. The third kappa shape index (κ3) is 6.39. The molecule has 1 fully saturated rings. The maximum Gasteiger partial charge on any atom is 0.240 e. The number of hydrogen-bond acceptors (Lipinski definition) is 5. The van der Waals surface area contributed by atoms with Gasteiger partial charge in [-0.05, 0) is 37.5 Å². The van der Waals surface area contributed by atoms with Crippen molar-refractivity contribution in [3.05, 3.63) is 41.4 Å². The van der Waals surface area contributed by atoms with Gasteiger partial charge >= 0.3 is 0 Å². The number of nitrogens with one attached hydrogen (secondary N) is 2. The molecule has 0 atom stereocenters. The van der Waals surface area contributed by atoms with Crippen molar-refractivity contribution in [2.45, 2.75) is 51.5 Å². The van der Waals surface area contributed by atoms with Gasteiger partial charge in [0.2, 0.25) is 17.7 Å². The normalized spacial score (nSPS) is 13.8. The highest BCUT2D eigenvalue weighted by Gasteiger charge is 2.23. The van der Waals surface area contributed by atoms with E-state index in [9.17, 15) is 14.4 Å². The zero-order chi connectivity index (χ0) is 20.6. The summed E-state index contributed by atoms with van der Waals surface area (Å²) >= 11 is 1.32. The van der Waals surface area contributed by atoms with Crippen molar-refractivity contribution in [3.8, 4) is 0 Å². The standard InChI is InChI=1S/C21H26N4O3S/c1-15-5-4-8-17(13-15)25(14-19(27)23-16-6-2-3-7-16)20(28)10-9-18(26)24-21-22-11-12-29-21/h4-5,8,11-13,16H,2-3,6-7,9-10,14H2,1H3,(H,23,27)(H,22,24,26). The minimum atomic E-state index is -0.270. The number of carbonyl (C=O) groups is 3. The Bertz CT molecular complexity index is 847. The molecule has 3 amide bonds. The van der Waals surface area contributed by atoms with Gasteiger partial charge in [0.15, 0.2) is 5.13 Å². The number of carbonyl (C=O) groups excluding carboxylic acids is 3. The number of anilines is 2. The van der Waals surface area contributed by atoms with Crippen LogP contribution in [-0.4, -0.2) is 35.3 Å². The summed E-state index contributed by atoms with van der Waals surface area (Å²) in [5, 5.41) is 7.97. The van der Waals surface area contributed by atoms with Crippen LogP contribution in [0.4, 0.5) is 10.8 Å². The van der Waals surface area contributed by atoms with Gasteiger partial charge in [0.1, 0.15) is 6.54 Å². The summed E-state index contributed by atoms with van der Waals surface area (Å²) in [5.41, 5.74) is 1.66. The molecule has 1 heterocycles. The molecule has 1 aliphatic carbocycles. The summed E-state index contributed by atoms with van der Waals surface area (Å²) in [4.78, 5) is 43.0. The Morgan fingerprint density at radius 1 is 1.17 bits per heavy atom. The molecule has 8 heteroatoms. The largest absolute Gasteiger partial charge is 0.352 e. The average molecular weight is 415 g/mol. The van der Waals surface area contributed by atoms with Crippen LogP contribution in [0.3, 0.4) is 0 Å². The predicted octanol–water partition coefficient (Wildman–Crippen LogP) is 3.26. The van der Waals surface area contributed by atoms with E-state index in [1.165, 1.54) is 16.2 Å². The van der Waals surface area contributed by atoms with Crippen molar-refractivity contribution >= 4 is 39.9 Å². The molecular weight excluding hydrogens is 388 g/mol. The topological polar surface area (TPSA) is 91.4 Å². The Labute approximate surface area is 174 Å². The van der Waals surface area contributed by atoms with Crippen molar-refractivity contribution in [2.75, 3.05) is 16.8 Å². The van der Waals surface area contributed by atoms with Gasteiger partial charge in [0.05, 0.1) is 0 Å². The van der Waals surface area contributed by atoms with E-state index < -0.39 is 0 Å². The lowest BCUT2D eigenvalue weighted by atomic mass is 10.1. The Morgan fingerprint density at radius 2 is 1.97 bits per heavy atom. The number of benzene rings is 1. The van der Waals surface area contributed by atoms with Gasteiger partial charge in [-0.1, -0.05) is 25.0 Å². The lowest BCUT2D eigenvalue weighted by Gasteiger charge is -2.24. The molecule has 0 spiro atoms. The molecule has 7 nitrogen and oxygen atoms in total. The van der Waals surface area contributed by atoms with Crippen LogP contribution in [0.25, 0.3) is 0 Å². The Hall–Kier alpha value is -2.74. The molecule has 1 aromatic heterocycles. The summed E-state index contributed by atoms with van der Waals surface area (Å²) in [7, 11) is 0. The van der Waals surface area contributed by atoms with Gasteiger partial charge in [-0.25, -0.2) is 4.98 Å².